The van der Waals surface area contributed by atoms with E-state index in [2.05, 4.69) is 23.2 Å². The predicted octanol–water partition coefficient (Wildman–Crippen LogP) is 5.70. The number of aromatic nitrogens is 1. The molecule has 0 aliphatic heterocycles. The maximum atomic E-state index is 12.3. The largest absolute Gasteiger partial charge is 0.493 e. The Hall–Kier alpha value is -3.92. The number of carbonyl (C=O) groups is 1. The molecule has 0 aliphatic rings. The monoisotopic (exact) mass is 436 g/mol. The molecular weight excluding hydrogens is 408 g/mol. The second-order valence-corrected chi connectivity index (χ2v) is 8.10. The number of hydrogen-bond acceptors (Lipinski definition) is 4. The van der Waals surface area contributed by atoms with Gasteiger partial charge in [0.05, 0.1) is 6.61 Å². The van der Waals surface area contributed by atoms with E-state index in [1.54, 1.807) is 6.20 Å². The molecule has 3 aromatic carbocycles. The van der Waals surface area contributed by atoms with Gasteiger partial charge in [-0.05, 0) is 64.6 Å². The summed E-state index contributed by atoms with van der Waals surface area (Å²) in [5.74, 6) is 1.04. The van der Waals surface area contributed by atoms with Gasteiger partial charge in [0.2, 0.25) is 0 Å². The molecule has 0 bridgehead atoms. The van der Waals surface area contributed by atoms with Crippen LogP contribution in [0.2, 0.25) is 0 Å². The van der Waals surface area contributed by atoms with Crippen LogP contribution < -0.4 is 10.5 Å². The van der Waals surface area contributed by atoms with E-state index in [0.29, 0.717) is 19.4 Å². The van der Waals surface area contributed by atoms with Crippen LogP contribution in [0.4, 0.5) is 5.69 Å². The van der Waals surface area contributed by atoms with Crippen LogP contribution in [0.15, 0.2) is 97.3 Å². The average molecular weight is 437 g/mol. The predicted molar refractivity (Wildman–Crippen MR) is 133 cm³/mol. The molecule has 0 atom stereocenters. The molecule has 0 amide bonds. The molecule has 1 heterocycles. The first-order valence-electron chi connectivity index (χ1n) is 11.2. The summed E-state index contributed by atoms with van der Waals surface area (Å²) >= 11 is 0. The number of ether oxygens (including phenoxy) is 1. The van der Waals surface area contributed by atoms with E-state index in [0.717, 1.165) is 41.0 Å². The Morgan fingerprint density at radius 2 is 1.70 bits per heavy atom. The van der Waals surface area contributed by atoms with Crippen molar-refractivity contribution in [2.45, 2.75) is 25.7 Å². The highest BCUT2D eigenvalue weighted by molar-refractivity contribution is 5.81. The summed E-state index contributed by atoms with van der Waals surface area (Å²) in [5, 5.41) is 0. The molecular formula is C29H28N2O2. The van der Waals surface area contributed by atoms with Gasteiger partial charge in [0, 0.05) is 37.3 Å². The van der Waals surface area contributed by atoms with Gasteiger partial charge in [-0.2, -0.15) is 0 Å². The van der Waals surface area contributed by atoms with E-state index in [9.17, 15) is 4.79 Å². The van der Waals surface area contributed by atoms with Crippen molar-refractivity contribution >= 4 is 11.5 Å². The first kappa shape index (κ1) is 22.3. The van der Waals surface area contributed by atoms with Gasteiger partial charge in [-0.1, -0.05) is 54.6 Å². The summed E-state index contributed by atoms with van der Waals surface area (Å²) < 4.78 is 5.97. The van der Waals surface area contributed by atoms with Gasteiger partial charge in [0.15, 0.2) is 0 Å². The molecule has 0 fully saturated rings. The Kier molecular flexibility index (Phi) is 7.49. The third-order valence-corrected chi connectivity index (χ3v) is 5.60. The Labute approximate surface area is 195 Å². The van der Waals surface area contributed by atoms with Gasteiger partial charge < -0.3 is 10.5 Å². The van der Waals surface area contributed by atoms with E-state index in [1.165, 1.54) is 11.1 Å². The average Bonchev–Trinajstić information content (AvgIpc) is 2.85. The van der Waals surface area contributed by atoms with Crippen LogP contribution in [0.1, 0.15) is 23.1 Å². The van der Waals surface area contributed by atoms with E-state index < -0.39 is 0 Å². The van der Waals surface area contributed by atoms with Crippen molar-refractivity contribution in [2.24, 2.45) is 0 Å². The Morgan fingerprint density at radius 3 is 2.48 bits per heavy atom. The van der Waals surface area contributed by atoms with Gasteiger partial charge in [-0.3, -0.25) is 9.78 Å². The molecule has 166 valence electrons. The fourth-order valence-corrected chi connectivity index (χ4v) is 3.85. The van der Waals surface area contributed by atoms with Crippen molar-refractivity contribution in [3.05, 3.63) is 114 Å². The Morgan fingerprint density at radius 1 is 0.848 bits per heavy atom. The van der Waals surface area contributed by atoms with E-state index in [-0.39, 0.29) is 5.78 Å². The highest BCUT2D eigenvalue weighted by atomic mass is 16.5. The van der Waals surface area contributed by atoms with Crippen LogP contribution in [0, 0.1) is 0 Å². The zero-order chi connectivity index (χ0) is 22.9. The van der Waals surface area contributed by atoms with Gasteiger partial charge in [0.1, 0.15) is 11.5 Å². The molecule has 0 radical (unpaired) electrons. The number of aryl methyl sites for hydroxylation is 1. The summed E-state index contributed by atoms with van der Waals surface area (Å²) in [6.45, 7) is 0.572. The number of nitrogens with zero attached hydrogens (tertiary/aromatic N) is 1. The number of pyridine rings is 1. The first-order chi connectivity index (χ1) is 16.2. The van der Waals surface area contributed by atoms with Crippen LogP contribution in [0.25, 0.3) is 11.1 Å². The number of benzene rings is 3. The van der Waals surface area contributed by atoms with Crippen molar-refractivity contribution in [3.8, 4) is 16.9 Å². The third-order valence-electron chi connectivity index (χ3n) is 5.60. The minimum Gasteiger partial charge on any atom is -0.493 e. The fourth-order valence-electron chi connectivity index (χ4n) is 3.85. The Bertz CT molecular complexity index is 1190. The van der Waals surface area contributed by atoms with Gasteiger partial charge in [0.25, 0.3) is 0 Å². The van der Waals surface area contributed by atoms with E-state index in [1.807, 2.05) is 72.9 Å². The van der Waals surface area contributed by atoms with Crippen molar-refractivity contribution < 1.29 is 9.53 Å². The summed E-state index contributed by atoms with van der Waals surface area (Å²) in [4.78, 5) is 16.4. The van der Waals surface area contributed by atoms with Gasteiger partial charge in [-0.15, -0.1) is 0 Å². The van der Waals surface area contributed by atoms with Gasteiger partial charge in [-0.25, -0.2) is 0 Å². The van der Waals surface area contributed by atoms with Gasteiger partial charge >= 0.3 is 0 Å². The fraction of sp³-hybridized carbons (Fsp3) is 0.172. The van der Waals surface area contributed by atoms with Crippen LogP contribution in [0.5, 0.6) is 5.75 Å². The molecule has 4 aromatic rings. The number of anilines is 1. The zero-order valence-electron chi connectivity index (χ0n) is 18.6. The molecule has 0 saturated heterocycles. The quantitative estimate of drug-likeness (QED) is 0.324. The normalized spacial score (nSPS) is 10.7. The molecule has 0 unspecified atom stereocenters. The Balaban J connectivity index is 1.28. The van der Waals surface area contributed by atoms with Crippen LogP contribution in [-0.4, -0.2) is 17.4 Å². The SMILES string of the molecule is Nc1cccc(-c2ccccc2CCOc2ccc(CC(=O)CCc3cccnc3)cc2)c1. The number of carbonyl (C=O) groups excluding carboxylic acids is 1. The van der Waals surface area contributed by atoms with Crippen LogP contribution in [-0.2, 0) is 24.1 Å². The molecule has 2 N–H and O–H groups in total. The lowest BCUT2D eigenvalue weighted by Crippen LogP contribution is -2.05. The zero-order valence-corrected chi connectivity index (χ0v) is 18.6. The number of nitrogen functional groups attached to an aromatic ring is 1. The third kappa shape index (κ3) is 6.53. The second-order valence-electron chi connectivity index (χ2n) is 8.10. The number of nitrogens with two attached hydrogens (primary N) is 1. The number of hydrogen-bond donors (Lipinski definition) is 1. The summed E-state index contributed by atoms with van der Waals surface area (Å²) in [6.07, 6.45) is 6.04. The maximum absolute atomic E-state index is 12.3. The maximum Gasteiger partial charge on any atom is 0.137 e. The van der Waals surface area contributed by atoms with Crippen molar-refractivity contribution in [1.29, 1.82) is 0 Å². The van der Waals surface area contributed by atoms with Crippen molar-refractivity contribution in [3.63, 3.8) is 0 Å². The van der Waals surface area contributed by atoms with Crippen molar-refractivity contribution in [2.75, 3.05) is 12.3 Å². The topological polar surface area (TPSA) is 65.2 Å². The molecule has 0 saturated carbocycles. The highest BCUT2D eigenvalue weighted by Crippen LogP contribution is 2.26. The minimum atomic E-state index is 0.227. The lowest BCUT2D eigenvalue weighted by molar-refractivity contribution is -0.118. The minimum absolute atomic E-state index is 0.227. The lowest BCUT2D eigenvalue weighted by Gasteiger charge is -2.12. The molecule has 0 aliphatic carbocycles. The molecule has 0 spiro atoms. The van der Waals surface area contributed by atoms with Crippen molar-refractivity contribution in [1.82, 2.24) is 4.98 Å². The summed E-state index contributed by atoms with van der Waals surface area (Å²) in [5.41, 5.74) is 12.3. The standard InChI is InChI=1S/C29H28N2O2/c30-26-8-3-7-25(20-26)29-9-2-1-6-24(29)16-18-33-28-14-11-22(12-15-28)19-27(32)13-10-23-5-4-17-31-21-23/h1-9,11-12,14-15,17,20-21H,10,13,16,18-19,30H2. The first-order valence-corrected chi connectivity index (χ1v) is 11.2. The number of ketones is 1. The number of rotatable bonds is 10. The molecule has 4 rings (SSSR count). The van der Waals surface area contributed by atoms with E-state index in [4.69, 9.17) is 10.5 Å². The van der Waals surface area contributed by atoms with Crippen LogP contribution >= 0.6 is 0 Å². The molecule has 1 aromatic heterocycles. The highest BCUT2D eigenvalue weighted by Gasteiger charge is 2.07. The van der Waals surface area contributed by atoms with E-state index >= 15 is 0 Å². The number of Topliss-reactive ketones (excluding diaryl/α,β-unsaturated/α-hetero) is 1. The summed E-state index contributed by atoms with van der Waals surface area (Å²) in [6, 6.07) is 28.0. The molecule has 33 heavy (non-hydrogen) atoms. The molecule has 4 heteroatoms. The smallest absolute Gasteiger partial charge is 0.137 e. The molecule has 4 nitrogen and oxygen atoms in total. The van der Waals surface area contributed by atoms with Crippen LogP contribution in [0.3, 0.4) is 0 Å². The second kappa shape index (κ2) is 11.1. The summed E-state index contributed by atoms with van der Waals surface area (Å²) in [7, 11) is 0. The lowest BCUT2D eigenvalue weighted by atomic mass is 9.97.